The lowest BCUT2D eigenvalue weighted by Crippen LogP contribution is -2.15. The van der Waals surface area contributed by atoms with Crippen LogP contribution >= 0.6 is 0 Å². The second-order valence-electron chi connectivity index (χ2n) is 10.3. The molecule has 1 atom stereocenters. The summed E-state index contributed by atoms with van der Waals surface area (Å²) in [6.07, 6.45) is 1.07. The van der Waals surface area contributed by atoms with Gasteiger partial charge in [-0.15, -0.1) is 0 Å². The van der Waals surface area contributed by atoms with Gasteiger partial charge in [-0.05, 0) is 73.4 Å². The number of hydrogen-bond donors (Lipinski definition) is 1. The Bertz CT molecular complexity index is 1630. The number of ether oxygens (including phenoxy) is 6. The zero-order valence-corrected chi connectivity index (χ0v) is 26.7. The van der Waals surface area contributed by atoms with E-state index < -0.39 is 24.2 Å². The summed E-state index contributed by atoms with van der Waals surface area (Å²) in [6.45, 7) is 6.49. The highest BCUT2D eigenvalue weighted by atomic mass is 16.6. The molecule has 48 heavy (non-hydrogen) atoms. The number of rotatable bonds is 18. The number of hydrogen-bond acceptors (Lipinski definition) is 10. The molecule has 0 saturated carbocycles. The maximum absolute atomic E-state index is 13.1. The number of aliphatic hydroxyl groups excluding tert-OH is 1. The second kappa shape index (κ2) is 18.6. The van der Waals surface area contributed by atoms with Crippen LogP contribution in [0.15, 0.2) is 110 Å². The van der Waals surface area contributed by atoms with Gasteiger partial charge in [0.2, 0.25) is 6.29 Å². The van der Waals surface area contributed by atoms with Crippen molar-refractivity contribution in [3.8, 4) is 28.4 Å². The van der Waals surface area contributed by atoms with Crippen LogP contribution in [-0.2, 0) is 19.0 Å². The molecule has 1 unspecified atom stereocenters. The second-order valence-corrected chi connectivity index (χ2v) is 10.3. The molecule has 0 aliphatic carbocycles. The van der Waals surface area contributed by atoms with E-state index in [1.54, 1.807) is 36.4 Å². The van der Waals surface area contributed by atoms with Crippen LogP contribution in [0.3, 0.4) is 0 Å². The zero-order chi connectivity index (χ0) is 34.1. The molecule has 0 bridgehead atoms. The molecule has 4 rings (SSSR count). The average molecular weight is 655 g/mol. The highest BCUT2D eigenvalue weighted by Gasteiger charge is 2.21. The van der Waals surface area contributed by atoms with Crippen LogP contribution in [0.1, 0.15) is 52.3 Å². The number of unbranched alkanes of at least 4 members (excludes halogenated alkanes) is 1. The fourth-order valence-electron chi connectivity index (χ4n) is 4.39. The number of esters is 3. The van der Waals surface area contributed by atoms with Crippen molar-refractivity contribution in [2.45, 2.75) is 26.1 Å². The lowest BCUT2D eigenvalue weighted by molar-refractivity contribution is -0.137. The molecule has 4 aromatic rings. The van der Waals surface area contributed by atoms with E-state index in [4.69, 9.17) is 28.4 Å². The summed E-state index contributed by atoms with van der Waals surface area (Å²) in [6, 6.07) is 27.7. The van der Waals surface area contributed by atoms with Gasteiger partial charge in [0.15, 0.2) is 0 Å². The Kier molecular flexibility index (Phi) is 13.7. The van der Waals surface area contributed by atoms with E-state index in [1.165, 1.54) is 18.2 Å². The topological polar surface area (TPSA) is 127 Å². The molecular weight excluding hydrogens is 616 g/mol. The minimum atomic E-state index is -1.33. The van der Waals surface area contributed by atoms with Gasteiger partial charge in [-0.2, -0.15) is 0 Å². The molecular formula is C38H38O10. The third kappa shape index (κ3) is 10.8. The summed E-state index contributed by atoms with van der Waals surface area (Å²) in [7, 11) is 0. The van der Waals surface area contributed by atoms with Crippen LogP contribution in [0.5, 0.6) is 17.2 Å². The first-order valence-corrected chi connectivity index (χ1v) is 15.5. The number of benzene rings is 4. The maximum Gasteiger partial charge on any atom is 0.343 e. The highest BCUT2D eigenvalue weighted by Crippen LogP contribution is 2.30. The van der Waals surface area contributed by atoms with Crippen molar-refractivity contribution in [3.05, 3.63) is 126 Å². The van der Waals surface area contributed by atoms with Gasteiger partial charge >= 0.3 is 17.9 Å². The molecule has 0 aliphatic heterocycles. The van der Waals surface area contributed by atoms with Crippen molar-refractivity contribution in [2.24, 2.45) is 0 Å². The molecule has 0 heterocycles. The summed E-state index contributed by atoms with van der Waals surface area (Å²) in [5.74, 6) is -1.27. The summed E-state index contributed by atoms with van der Waals surface area (Å²) in [4.78, 5) is 37.2. The third-order valence-electron chi connectivity index (χ3n) is 6.90. The van der Waals surface area contributed by atoms with Crippen LogP contribution in [0, 0.1) is 0 Å². The maximum atomic E-state index is 13.1. The molecule has 0 spiro atoms. The average Bonchev–Trinajstić information content (AvgIpc) is 3.12. The molecule has 0 amide bonds. The van der Waals surface area contributed by atoms with Crippen LogP contribution in [0.25, 0.3) is 11.1 Å². The monoisotopic (exact) mass is 654 g/mol. The molecule has 4 aromatic carbocycles. The molecule has 10 heteroatoms. The first-order valence-electron chi connectivity index (χ1n) is 15.5. The van der Waals surface area contributed by atoms with Crippen LogP contribution in [0.4, 0.5) is 0 Å². The van der Waals surface area contributed by atoms with E-state index >= 15 is 0 Å². The first-order chi connectivity index (χ1) is 23.4. The quantitative estimate of drug-likeness (QED) is 0.0406. The van der Waals surface area contributed by atoms with E-state index in [0.29, 0.717) is 37.4 Å². The summed E-state index contributed by atoms with van der Waals surface area (Å²) in [5, 5.41) is 10.8. The van der Waals surface area contributed by atoms with Crippen molar-refractivity contribution >= 4 is 17.9 Å². The lowest BCUT2D eigenvalue weighted by atomic mass is 10.0. The van der Waals surface area contributed by atoms with Crippen LogP contribution in [-0.4, -0.2) is 56.0 Å². The van der Waals surface area contributed by atoms with E-state index in [0.717, 1.165) is 17.2 Å². The van der Waals surface area contributed by atoms with Crippen molar-refractivity contribution < 1.29 is 47.9 Å². The lowest BCUT2D eigenvalue weighted by Gasteiger charge is -2.16. The van der Waals surface area contributed by atoms with E-state index in [2.05, 4.69) is 6.58 Å². The summed E-state index contributed by atoms with van der Waals surface area (Å²) in [5.41, 5.74) is 2.69. The largest absolute Gasteiger partial charge is 0.494 e. The molecule has 0 aromatic heterocycles. The van der Waals surface area contributed by atoms with Gasteiger partial charge in [-0.1, -0.05) is 61.2 Å². The van der Waals surface area contributed by atoms with Crippen LogP contribution < -0.4 is 14.2 Å². The third-order valence-corrected chi connectivity index (χ3v) is 6.90. The normalized spacial score (nSPS) is 11.2. The van der Waals surface area contributed by atoms with E-state index in [9.17, 15) is 19.5 Å². The Labute approximate surface area is 279 Å². The van der Waals surface area contributed by atoms with Crippen molar-refractivity contribution in [2.75, 3.05) is 33.0 Å². The zero-order valence-electron chi connectivity index (χ0n) is 26.7. The van der Waals surface area contributed by atoms with E-state index in [-0.39, 0.29) is 42.4 Å². The molecule has 250 valence electrons. The van der Waals surface area contributed by atoms with E-state index in [1.807, 2.05) is 49.4 Å². The minimum Gasteiger partial charge on any atom is -0.494 e. The Balaban J connectivity index is 1.40. The molecule has 0 saturated heterocycles. The van der Waals surface area contributed by atoms with Crippen LogP contribution in [0.2, 0.25) is 0 Å². The predicted molar refractivity (Wildman–Crippen MR) is 178 cm³/mol. The van der Waals surface area contributed by atoms with Gasteiger partial charge in [0.25, 0.3) is 0 Å². The van der Waals surface area contributed by atoms with Gasteiger partial charge < -0.3 is 33.5 Å². The van der Waals surface area contributed by atoms with Crippen molar-refractivity contribution in [1.82, 2.24) is 0 Å². The first kappa shape index (κ1) is 35.4. The summed E-state index contributed by atoms with van der Waals surface area (Å²) < 4.78 is 32.5. The van der Waals surface area contributed by atoms with Gasteiger partial charge in [-0.25, -0.2) is 14.4 Å². The Morgan fingerprint density at radius 1 is 0.750 bits per heavy atom. The molecule has 10 nitrogen and oxygen atoms in total. The SMILES string of the molecule is C=CC(=O)OCCCCOc1ccc(C(=O)Oc2ccc(OC(O)c3ccc(-c4ccccc4)cc3)cc2C(=O)OCCOCC)cc1. The minimum absolute atomic E-state index is 0.0109. The fraction of sp³-hybridized carbons (Fsp3) is 0.237. The van der Waals surface area contributed by atoms with Gasteiger partial charge in [0.1, 0.15) is 29.4 Å². The van der Waals surface area contributed by atoms with Gasteiger partial charge in [0.05, 0.1) is 25.4 Å². The molecule has 0 fully saturated rings. The Morgan fingerprint density at radius 3 is 2.15 bits per heavy atom. The standard InChI is InChI=1S/C38H38O10/c1-3-35(39)45-23-9-8-22-44-31-18-16-30(17-19-31)37(41)48-34-21-20-32(26-33(34)38(42)46-25-24-43-4-2)47-36(40)29-14-12-28(13-15-29)27-10-6-5-7-11-27/h3,5-7,10-21,26,36,40H,1,4,8-9,22-25H2,2H3. The predicted octanol–water partition coefficient (Wildman–Crippen LogP) is 6.72. The molecule has 1 N–H and O–H groups in total. The molecule has 0 radical (unpaired) electrons. The fourth-order valence-corrected chi connectivity index (χ4v) is 4.39. The van der Waals surface area contributed by atoms with Crippen molar-refractivity contribution in [3.63, 3.8) is 0 Å². The molecule has 0 aliphatic rings. The Morgan fingerprint density at radius 2 is 1.44 bits per heavy atom. The number of aliphatic hydroxyl groups is 1. The summed E-state index contributed by atoms with van der Waals surface area (Å²) >= 11 is 0. The number of carbonyl (C=O) groups is 3. The smallest absolute Gasteiger partial charge is 0.343 e. The van der Waals surface area contributed by atoms with Gasteiger partial charge in [-0.3, -0.25) is 0 Å². The number of carbonyl (C=O) groups excluding carboxylic acids is 3. The highest BCUT2D eigenvalue weighted by molar-refractivity contribution is 5.96. The van der Waals surface area contributed by atoms with Gasteiger partial charge in [0, 0.05) is 18.2 Å². The Hall–Kier alpha value is -5.45. The van der Waals surface area contributed by atoms with Crippen molar-refractivity contribution in [1.29, 1.82) is 0 Å².